The van der Waals surface area contributed by atoms with Gasteiger partial charge in [0.05, 0.1) is 17.1 Å². The van der Waals surface area contributed by atoms with E-state index >= 15 is 0 Å². The van der Waals surface area contributed by atoms with Crippen molar-refractivity contribution in [2.75, 3.05) is 45.8 Å². The van der Waals surface area contributed by atoms with Crippen molar-refractivity contribution in [3.8, 4) is 11.5 Å². The number of nitrogens with one attached hydrogen (secondary N) is 1. The summed E-state index contributed by atoms with van der Waals surface area (Å²) in [4.78, 5) is 11.1. The maximum absolute atomic E-state index is 13.5. The highest BCUT2D eigenvalue weighted by molar-refractivity contribution is 6.31. The summed E-state index contributed by atoms with van der Waals surface area (Å²) in [6.07, 6.45) is 3.45. The summed E-state index contributed by atoms with van der Waals surface area (Å²) in [6.45, 7) is 2.84. The van der Waals surface area contributed by atoms with Gasteiger partial charge in [0.25, 0.3) is 0 Å². The number of nitrogens with zero attached hydrogens (tertiary/aromatic N) is 3. The molecule has 0 amide bonds. The van der Waals surface area contributed by atoms with Gasteiger partial charge in [-0.1, -0.05) is 11.6 Å². The number of aromatic nitrogens is 2. The molecule has 170 valence electrons. The molecule has 7 nitrogen and oxygen atoms in total. The highest BCUT2D eigenvalue weighted by atomic mass is 35.5. The Morgan fingerprint density at radius 2 is 1.94 bits per heavy atom. The molecule has 1 aliphatic heterocycles. The Bertz CT molecular complexity index is 1080. The third kappa shape index (κ3) is 5.38. The Hall–Kier alpha value is -2.68. The summed E-state index contributed by atoms with van der Waals surface area (Å²) in [7, 11) is 3.75. The lowest BCUT2D eigenvalue weighted by atomic mass is 10.1. The van der Waals surface area contributed by atoms with Crippen molar-refractivity contribution >= 4 is 34.0 Å². The van der Waals surface area contributed by atoms with Crippen molar-refractivity contribution in [3.63, 3.8) is 0 Å². The van der Waals surface area contributed by atoms with Crippen LogP contribution in [0, 0.1) is 5.82 Å². The molecule has 0 saturated carbocycles. The molecule has 2 aromatic carbocycles. The molecule has 9 heteroatoms. The van der Waals surface area contributed by atoms with Crippen LogP contribution in [0.25, 0.3) is 10.9 Å². The molecule has 1 fully saturated rings. The van der Waals surface area contributed by atoms with Gasteiger partial charge in [0.15, 0.2) is 11.5 Å². The molecule has 2 heterocycles. The summed E-state index contributed by atoms with van der Waals surface area (Å²) in [5.74, 6) is 1.34. The number of likely N-dealkylation sites (tertiary alicyclic amines) is 1. The van der Waals surface area contributed by atoms with Crippen LogP contribution in [0.2, 0.25) is 5.02 Å². The minimum absolute atomic E-state index is 0.0356. The molecule has 0 atom stereocenters. The van der Waals surface area contributed by atoms with Gasteiger partial charge in [0.2, 0.25) is 0 Å². The SMILES string of the molecule is COCCOc1cc2ncnc(Nc3ccc(F)c(Cl)c3)c2cc1OC1CCN(C)CC1. The van der Waals surface area contributed by atoms with Crippen molar-refractivity contribution < 1.29 is 18.6 Å². The summed E-state index contributed by atoms with van der Waals surface area (Å²) >= 11 is 5.93. The largest absolute Gasteiger partial charge is 0.487 e. The fourth-order valence-electron chi connectivity index (χ4n) is 3.60. The van der Waals surface area contributed by atoms with E-state index in [1.807, 2.05) is 12.1 Å². The third-order valence-electron chi connectivity index (χ3n) is 5.39. The fourth-order valence-corrected chi connectivity index (χ4v) is 3.78. The molecule has 0 bridgehead atoms. The van der Waals surface area contributed by atoms with Gasteiger partial charge in [0, 0.05) is 37.3 Å². The molecule has 0 spiro atoms. The van der Waals surface area contributed by atoms with E-state index in [4.69, 9.17) is 25.8 Å². The lowest BCUT2D eigenvalue weighted by molar-refractivity contribution is 0.105. The minimum Gasteiger partial charge on any atom is -0.487 e. The van der Waals surface area contributed by atoms with Gasteiger partial charge in [-0.25, -0.2) is 14.4 Å². The van der Waals surface area contributed by atoms with Crippen molar-refractivity contribution in [3.05, 3.63) is 47.5 Å². The van der Waals surface area contributed by atoms with Crippen LogP contribution in [0.4, 0.5) is 15.9 Å². The molecular weight excluding hydrogens is 435 g/mol. The normalized spacial score (nSPS) is 15.1. The fraction of sp³-hybridized carbons (Fsp3) is 0.391. The monoisotopic (exact) mass is 460 g/mol. The van der Waals surface area contributed by atoms with Gasteiger partial charge in [-0.05, 0) is 44.2 Å². The van der Waals surface area contributed by atoms with Gasteiger partial charge in [-0.15, -0.1) is 0 Å². The highest BCUT2D eigenvalue weighted by Crippen LogP contribution is 2.36. The van der Waals surface area contributed by atoms with Crippen LogP contribution < -0.4 is 14.8 Å². The van der Waals surface area contributed by atoms with Crippen LogP contribution in [0.3, 0.4) is 0 Å². The third-order valence-corrected chi connectivity index (χ3v) is 5.68. The second-order valence-corrected chi connectivity index (χ2v) is 8.16. The van der Waals surface area contributed by atoms with Crippen LogP contribution in [-0.4, -0.2) is 61.4 Å². The van der Waals surface area contributed by atoms with E-state index in [2.05, 4.69) is 27.2 Å². The number of piperidine rings is 1. The Balaban J connectivity index is 1.67. The number of anilines is 2. The van der Waals surface area contributed by atoms with Gasteiger partial charge >= 0.3 is 0 Å². The molecule has 1 N–H and O–H groups in total. The van der Waals surface area contributed by atoms with Gasteiger partial charge in [0.1, 0.15) is 30.7 Å². The predicted octanol–water partition coefficient (Wildman–Crippen LogP) is 4.66. The molecule has 4 rings (SSSR count). The van der Waals surface area contributed by atoms with E-state index < -0.39 is 5.82 Å². The molecule has 1 aromatic heterocycles. The Kier molecular flexibility index (Phi) is 7.24. The summed E-state index contributed by atoms with van der Waals surface area (Å²) in [6, 6.07) is 8.17. The van der Waals surface area contributed by atoms with Gasteiger partial charge in [-0.2, -0.15) is 0 Å². The smallest absolute Gasteiger partial charge is 0.163 e. The number of methoxy groups -OCH3 is 1. The number of benzene rings is 2. The standard InChI is InChI=1S/C23H26ClFN4O3/c1-29-7-5-16(6-8-29)32-22-12-17-20(13-21(22)31-10-9-30-2)26-14-27-23(17)28-15-3-4-19(25)18(24)11-15/h3-4,11-14,16H,5-10H2,1-2H3,(H,26,27,28). The average molecular weight is 461 g/mol. The van der Waals surface area contributed by atoms with Crippen LogP contribution in [-0.2, 0) is 4.74 Å². The number of hydrogen-bond acceptors (Lipinski definition) is 7. The first-order valence-corrected chi connectivity index (χ1v) is 10.9. The maximum Gasteiger partial charge on any atom is 0.163 e. The molecular formula is C23H26ClFN4O3. The molecule has 0 unspecified atom stereocenters. The Labute approximate surface area is 191 Å². The molecule has 32 heavy (non-hydrogen) atoms. The second kappa shape index (κ2) is 10.3. The van der Waals surface area contributed by atoms with Crippen LogP contribution in [0.5, 0.6) is 11.5 Å². The first-order chi connectivity index (χ1) is 15.5. The van der Waals surface area contributed by atoms with Crippen molar-refractivity contribution in [1.82, 2.24) is 14.9 Å². The summed E-state index contributed by atoms with van der Waals surface area (Å²) in [5.41, 5.74) is 1.31. The first-order valence-electron chi connectivity index (χ1n) is 10.5. The molecule has 0 radical (unpaired) electrons. The molecule has 3 aromatic rings. The zero-order chi connectivity index (χ0) is 22.5. The zero-order valence-electron chi connectivity index (χ0n) is 18.1. The van der Waals surface area contributed by atoms with E-state index in [9.17, 15) is 4.39 Å². The van der Waals surface area contributed by atoms with E-state index in [1.165, 1.54) is 18.5 Å². The minimum atomic E-state index is -0.476. The molecule has 1 saturated heterocycles. The number of rotatable bonds is 8. The summed E-state index contributed by atoms with van der Waals surface area (Å²) < 4.78 is 30.9. The second-order valence-electron chi connectivity index (χ2n) is 7.75. The van der Waals surface area contributed by atoms with Crippen LogP contribution >= 0.6 is 11.6 Å². The van der Waals surface area contributed by atoms with E-state index in [0.717, 1.165) is 31.3 Å². The van der Waals surface area contributed by atoms with Crippen molar-refractivity contribution in [2.45, 2.75) is 18.9 Å². The maximum atomic E-state index is 13.5. The van der Waals surface area contributed by atoms with Crippen LogP contribution in [0.15, 0.2) is 36.7 Å². The lowest BCUT2D eigenvalue weighted by Gasteiger charge is -2.30. The molecule has 1 aliphatic rings. The Morgan fingerprint density at radius 1 is 1.12 bits per heavy atom. The first kappa shape index (κ1) is 22.5. The highest BCUT2D eigenvalue weighted by Gasteiger charge is 2.21. The Morgan fingerprint density at radius 3 is 2.69 bits per heavy atom. The van der Waals surface area contributed by atoms with Crippen LogP contribution in [0.1, 0.15) is 12.8 Å². The van der Waals surface area contributed by atoms with E-state index in [-0.39, 0.29) is 11.1 Å². The number of fused-ring (bicyclic) bond motifs is 1. The van der Waals surface area contributed by atoms with E-state index in [1.54, 1.807) is 13.2 Å². The lowest BCUT2D eigenvalue weighted by Crippen LogP contribution is -2.35. The van der Waals surface area contributed by atoms with Gasteiger partial charge < -0.3 is 24.4 Å². The van der Waals surface area contributed by atoms with E-state index in [0.29, 0.717) is 41.7 Å². The number of hydrogen-bond donors (Lipinski definition) is 1. The average Bonchev–Trinajstić information content (AvgIpc) is 2.78. The number of halogens is 2. The van der Waals surface area contributed by atoms with Crippen molar-refractivity contribution in [1.29, 1.82) is 0 Å². The zero-order valence-corrected chi connectivity index (χ0v) is 18.9. The number of ether oxygens (including phenoxy) is 3. The van der Waals surface area contributed by atoms with Gasteiger partial charge in [-0.3, -0.25) is 0 Å². The van der Waals surface area contributed by atoms with Crippen molar-refractivity contribution in [2.24, 2.45) is 0 Å². The topological polar surface area (TPSA) is 68.7 Å². The summed E-state index contributed by atoms with van der Waals surface area (Å²) in [5, 5.41) is 3.99. The predicted molar refractivity (Wildman–Crippen MR) is 123 cm³/mol. The molecule has 0 aliphatic carbocycles. The quantitative estimate of drug-likeness (QED) is 0.490.